The number of fused-ring (bicyclic) bond motifs is 2. The number of carboxylic acids is 1. The summed E-state index contributed by atoms with van der Waals surface area (Å²) in [6.07, 6.45) is 6.15. The van der Waals surface area contributed by atoms with Crippen molar-refractivity contribution in [3.63, 3.8) is 0 Å². The highest BCUT2D eigenvalue weighted by atomic mass is 35.5. The van der Waals surface area contributed by atoms with Crippen molar-refractivity contribution in [1.29, 1.82) is 0 Å². The first-order valence-corrected chi connectivity index (χ1v) is 14.8. The maximum absolute atomic E-state index is 15.2. The highest BCUT2D eigenvalue weighted by molar-refractivity contribution is 7.85. The minimum absolute atomic E-state index is 0.0481. The standard InChI is InChI=1S/C20H21ClFN3O3.C7H8O3S/c21-17-16(10-6-12-2-1-5-23-25(12)8-10)15(22)7-13-18(17)24(11-3-4-11)9-14(19(13)26)20(27)28;8-11(9,10)6-7-4-2-1-3-5-7/h7,9-12,23H,1-6,8H2,(H,27,28);1-5H,6H2,(H,8,9,10)/t10-,12+;/m1./s1. The van der Waals surface area contributed by atoms with Gasteiger partial charge in [-0.2, -0.15) is 8.42 Å². The van der Waals surface area contributed by atoms with Gasteiger partial charge in [-0.25, -0.2) is 14.2 Å². The second kappa shape index (κ2) is 11.0. The SMILES string of the molecule is O=C(O)c1cn(C2CC2)c2c(Cl)c([C@@H]3C[C@@H]4CCCNN4C3)c(F)cc2c1=O.O=S(=O)(O)Cc1ccccc1. The summed E-state index contributed by atoms with van der Waals surface area (Å²) in [5, 5.41) is 11.9. The van der Waals surface area contributed by atoms with E-state index in [1.54, 1.807) is 34.9 Å². The van der Waals surface area contributed by atoms with E-state index in [4.69, 9.17) is 16.2 Å². The van der Waals surface area contributed by atoms with Crippen molar-refractivity contribution >= 4 is 38.6 Å². The number of pyridine rings is 1. The predicted molar refractivity (Wildman–Crippen MR) is 145 cm³/mol. The molecule has 0 amide bonds. The zero-order valence-electron chi connectivity index (χ0n) is 21.0. The van der Waals surface area contributed by atoms with Gasteiger partial charge < -0.3 is 9.67 Å². The lowest BCUT2D eigenvalue weighted by Crippen LogP contribution is -2.46. The molecule has 3 aliphatic rings. The third-order valence-corrected chi connectivity index (χ3v) is 8.54. The number of carbonyl (C=O) groups is 1. The van der Waals surface area contributed by atoms with Gasteiger partial charge in [0.1, 0.15) is 17.1 Å². The van der Waals surface area contributed by atoms with E-state index in [1.165, 1.54) is 12.3 Å². The fraction of sp³-hybridized carbons (Fsp3) is 0.407. The number of hydrazine groups is 1. The van der Waals surface area contributed by atoms with Gasteiger partial charge in [0.2, 0.25) is 5.43 Å². The molecule has 3 heterocycles. The normalized spacial score (nSPS) is 21.3. The molecule has 1 saturated carbocycles. The predicted octanol–water partition coefficient (Wildman–Crippen LogP) is 4.36. The van der Waals surface area contributed by atoms with Gasteiger partial charge in [-0.15, -0.1) is 0 Å². The Labute approximate surface area is 229 Å². The lowest BCUT2D eigenvalue weighted by atomic mass is 9.93. The third kappa shape index (κ3) is 6.02. The van der Waals surface area contributed by atoms with Crippen LogP contribution in [0.25, 0.3) is 10.9 Å². The van der Waals surface area contributed by atoms with Crippen molar-refractivity contribution < 1.29 is 27.3 Å². The third-order valence-electron chi connectivity index (χ3n) is 7.46. The van der Waals surface area contributed by atoms with Gasteiger partial charge in [-0.1, -0.05) is 41.9 Å². The molecule has 2 aromatic carbocycles. The number of benzene rings is 2. The van der Waals surface area contributed by atoms with Crippen molar-refractivity contribution in [2.75, 3.05) is 13.1 Å². The Hall–Kier alpha value is -2.83. The Morgan fingerprint density at radius 3 is 2.49 bits per heavy atom. The second-order valence-corrected chi connectivity index (χ2v) is 12.1. The molecule has 0 bridgehead atoms. The topological polar surface area (TPSA) is 129 Å². The molecule has 3 aromatic rings. The van der Waals surface area contributed by atoms with Crippen LogP contribution in [-0.4, -0.2) is 52.8 Å². The second-order valence-electron chi connectivity index (χ2n) is 10.3. The molecule has 2 atom stereocenters. The van der Waals surface area contributed by atoms with Crippen LogP contribution in [0.5, 0.6) is 0 Å². The Morgan fingerprint density at radius 2 is 1.87 bits per heavy atom. The molecule has 6 rings (SSSR count). The fourth-order valence-electron chi connectivity index (χ4n) is 5.56. The first kappa shape index (κ1) is 27.7. The molecule has 9 nitrogen and oxygen atoms in total. The average molecular weight is 578 g/mol. The minimum atomic E-state index is -3.88. The first-order valence-electron chi connectivity index (χ1n) is 12.8. The molecule has 208 valence electrons. The van der Waals surface area contributed by atoms with Crippen LogP contribution < -0.4 is 10.9 Å². The van der Waals surface area contributed by atoms with Gasteiger partial charge in [0.15, 0.2) is 0 Å². The highest BCUT2D eigenvalue weighted by Crippen LogP contribution is 2.44. The quantitative estimate of drug-likeness (QED) is 0.382. The van der Waals surface area contributed by atoms with Crippen LogP contribution in [0.4, 0.5) is 4.39 Å². The number of nitrogens with zero attached hydrogens (tertiary/aromatic N) is 2. The summed E-state index contributed by atoms with van der Waals surface area (Å²) in [5.41, 5.74) is 3.85. The van der Waals surface area contributed by atoms with Crippen LogP contribution in [0.1, 0.15) is 65.5 Å². The molecule has 2 saturated heterocycles. The lowest BCUT2D eigenvalue weighted by molar-refractivity contribution is 0.0694. The Kier molecular flexibility index (Phi) is 7.80. The monoisotopic (exact) mass is 577 g/mol. The van der Waals surface area contributed by atoms with E-state index in [9.17, 15) is 23.1 Å². The molecule has 0 unspecified atom stereocenters. The molecule has 1 aromatic heterocycles. The summed E-state index contributed by atoms with van der Waals surface area (Å²) in [4.78, 5) is 24.2. The van der Waals surface area contributed by atoms with Crippen LogP contribution in [0, 0.1) is 5.82 Å². The average Bonchev–Trinajstić information content (AvgIpc) is 3.63. The van der Waals surface area contributed by atoms with Crippen molar-refractivity contribution in [2.45, 2.75) is 55.9 Å². The largest absolute Gasteiger partial charge is 0.477 e. The minimum Gasteiger partial charge on any atom is -0.477 e. The Bertz CT molecular complexity index is 1560. The van der Waals surface area contributed by atoms with E-state index in [2.05, 4.69) is 10.4 Å². The molecule has 0 radical (unpaired) electrons. The van der Waals surface area contributed by atoms with Gasteiger partial charge in [0, 0.05) is 42.9 Å². The number of hydrogen-bond acceptors (Lipinski definition) is 6. The number of aromatic nitrogens is 1. The van der Waals surface area contributed by atoms with E-state index in [1.807, 2.05) is 0 Å². The summed E-state index contributed by atoms with van der Waals surface area (Å²) < 4.78 is 46.1. The van der Waals surface area contributed by atoms with Gasteiger partial charge in [-0.05, 0) is 43.7 Å². The van der Waals surface area contributed by atoms with Crippen molar-refractivity contribution in [2.24, 2.45) is 0 Å². The molecule has 1 aliphatic carbocycles. The molecule has 2 aliphatic heterocycles. The van der Waals surface area contributed by atoms with Crippen molar-refractivity contribution in [1.82, 2.24) is 15.0 Å². The van der Waals surface area contributed by atoms with Gasteiger partial charge in [0.05, 0.1) is 15.9 Å². The van der Waals surface area contributed by atoms with E-state index in [0.29, 0.717) is 29.2 Å². The number of halogens is 2. The highest BCUT2D eigenvalue weighted by Gasteiger charge is 2.38. The zero-order chi connectivity index (χ0) is 27.9. The van der Waals surface area contributed by atoms with E-state index in [-0.39, 0.29) is 33.7 Å². The van der Waals surface area contributed by atoms with Crippen LogP contribution in [0.2, 0.25) is 5.02 Å². The van der Waals surface area contributed by atoms with Crippen LogP contribution in [0.15, 0.2) is 47.4 Å². The summed E-state index contributed by atoms with van der Waals surface area (Å²) in [7, 11) is -3.88. The van der Waals surface area contributed by atoms with Crippen molar-refractivity contribution in [3.05, 3.63) is 80.3 Å². The fourth-order valence-corrected chi connectivity index (χ4v) is 6.62. The summed E-state index contributed by atoms with van der Waals surface area (Å²) >= 11 is 6.72. The summed E-state index contributed by atoms with van der Waals surface area (Å²) in [6.45, 7) is 1.60. The molecule has 3 fully saturated rings. The molecular weight excluding hydrogens is 549 g/mol. The van der Waals surface area contributed by atoms with Crippen molar-refractivity contribution in [3.8, 4) is 0 Å². The van der Waals surface area contributed by atoms with Crippen LogP contribution >= 0.6 is 11.6 Å². The molecule has 12 heteroatoms. The summed E-state index contributed by atoms with van der Waals surface area (Å²) in [5.74, 6) is -2.20. The molecule has 0 spiro atoms. The Morgan fingerprint density at radius 1 is 1.15 bits per heavy atom. The molecular formula is C27H29ClFN3O6S. The lowest BCUT2D eigenvalue weighted by Gasteiger charge is -2.29. The van der Waals surface area contributed by atoms with E-state index >= 15 is 4.39 Å². The van der Waals surface area contributed by atoms with Gasteiger partial charge in [0.25, 0.3) is 10.1 Å². The number of aromatic carboxylic acids is 1. The van der Waals surface area contributed by atoms with E-state index in [0.717, 1.165) is 38.6 Å². The van der Waals surface area contributed by atoms with Crippen LogP contribution in [0.3, 0.4) is 0 Å². The molecule has 39 heavy (non-hydrogen) atoms. The van der Waals surface area contributed by atoms with E-state index < -0.39 is 27.3 Å². The number of hydrogen-bond donors (Lipinski definition) is 3. The zero-order valence-corrected chi connectivity index (χ0v) is 22.6. The van der Waals surface area contributed by atoms with Gasteiger partial charge >= 0.3 is 5.97 Å². The van der Waals surface area contributed by atoms with Gasteiger partial charge in [-0.3, -0.25) is 14.8 Å². The number of nitrogens with one attached hydrogen (secondary N) is 1. The van der Waals surface area contributed by atoms with Crippen LogP contribution in [-0.2, 0) is 15.9 Å². The smallest absolute Gasteiger partial charge is 0.341 e. The number of carboxylic acid groups (broad SMARTS) is 1. The summed E-state index contributed by atoms with van der Waals surface area (Å²) in [6, 6.07) is 10.2. The maximum atomic E-state index is 15.2. The molecule has 3 N–H and O–H groups in total. The first-order chi connectivity index (χ1) is 18.5. The Balaban J connectivity index is 0.000000237. The number of rotatable bonds is 5. The maximum Gasteiger partial charge on any atom is 0.341 e.